The average molecular weight is 693 g/mol. The maximum atomic E-state index is 6.66. The van der Waals surface area contributed by atoms with E-state index in [-0.39, 0.29) is 12.1 Å². The fourth-order valence-corrected chi connectivity index (χ4v) is 8.90. The van der Waals surface area contributed by atoms with Gasteiger partial charge in [0.2, 0.25) is 0 Å². The van der Waals surface area contributed by atoms with Crippen molar-refractivity contribution in [2.45, 2.75) is 18.5 Å². The van der Waals surface area contributed by atoms with Crippen LogP contribution in [0.5, 0.6) is 0 Å². The second-order valence-electron chi connectivity index (χ2n) is 14.5. The summed E-state index contributed by atoms with van der Waals surface area (Å²) in [6.07, 6.45) is 0.966. The van der Waals surface area contributed by atoms with E-state index in [4.69, 9.17) is 4.42 Å². The summed E-state index contributed by atoms with van der Waals surface area (Å²) >= 11 is 0. The van der Waals surface area contributed by atoms with Gasteiger partial charge in [0.15, 0.2) is 0 Å². The Labute approximate surface area is 314 Å². The monoisotopic (exact) mass is 692 g/mol. The number of nitrogens with zero attached hydrogens (tertiary/aromatic N) is 1. The molecule has 2 aliphatic rings. The molecule has 3 heteroatoms. The quantitative estimate of drug-likeness (QED) is 0.195. The first-order chi connectivity index (χ1) is 26.8. The second kappa shape index (κ2) is 12.4. The Hall–Kier alpha value is -6.84. The zero-order valence-electron chi connectivity index (χ0n) is 29.6. The van der Waals surface area contributed by atoms with Crippen molar-refractivity contribution in [1.29, 1.82) is 0 Å². The Morgan fingerprint density at radius 2 is 1.24 bits per heavy atom. The lowest BCUT2D eigenvalue weighted by atomic mass is 9.75. The van der Waals surface area contributed by atoms with Crippen LogP contribution in [-0.4, -0.2) is 0 Å². The third-order valence-corrected chi connectivity index (χ3v) is 11.5. The first-order valence-electron chi connectivity index (χ1n) is 18.8. The lowest BCUT2D eigenvalue weighted by Gasteiger charge is -2.29. The van der Waals surface area contributed by atoms with Gasteiger partial charge >= 0.3 is 0 Å². The average Bonchev–Trinajstić information content (AvgIpc) is 3.83. The number of benzene rings is 8. The molecule has 54 heavy (non-hydrogen) atoms. The van der Waals surface area contributed by atoms with Gasteiger partial charge in [-0.2, -0.15) is 0 Å². The molecule has 11 rings (SSSR count). The predicted octanol–water partition coefficient (Wildman–Crippen LogP) is 13.5. The third-order valence-electron chi connectivity index (χ3n) is 11.5. The molecule has 3 nitrogen and oxygen atoms in total. The molecule has 0 radical (unpaired) electrons. The molecular weight excluding hydrogens is 657 g/mol. The number of anilines is 3. The fourth-order valence-electron chi connectivity index (χ4n) is 8.90. The number of rotatable bonds is 5. The molecule has 1 aromatic heterocycles. The second-order valence-corrected chi connectivity index (χ2v) is 14.5. The minimum atomic E-state index is 0.0151. The normalized spacial score (nSPS) is 15.8. The number of para-hydroxylation sites is 2. The van der Waals surface area contributed by atoms with Gasteiger partial charge in [0.1, 0.15) is 17.3 Å². The van der Waals surface area contributed by atoms with Crippen LogP contribution in [-0.2, 0) is 6.42 Å². The van der Waals surface area contributed by atoms with Crippen LogP contribution in [0, 0.1) is 0 Å². The van der Waals surface area contributed by atoms with Crippen molar-refractivity contribution in [3.63, 3.8) is 0 Å². The summed E-state index contributed by atoms with van der Waals surface area (Å²) in [5.41, 5.74) is 18.1. The van der Waals surface area contributed by atoms with Gasteiger partial charge in [0.25, 0.3) is 0 Å². The van der Waals surface area contributed by atoms with Crippen LogP contribution in [0.1, 0.15) is 34.3 Å². The van der Waals surface area contributed by atoms with E-state index in [1.165, 1.54) is 61.3 Å². The topological polar surface area (TPSA) is 28.4 Å². The molecule has 9 aromatic rings. The molecule has 0 saturated carbocycles. The number of furan rings is 1. The molecule has 0 fully saturated rings. The van der Waals surface area contributed by atoms with E-state index in [9.17, 15) is 0 Å². The van der Waals surface area contributed by atoms with Gasteiger partial charge in [-0.3, -0.25) is 0 Å². The SMILES string of the molecule is c1ccc(-c2ccc3c(c2)-c2ccccc2[C@H](c2ccc4c(c2)oc2cccc(-c5ccc(N6c7ccccc7NC6c6ccccc6)cc5)c24)C3)cc1. The number of hydrogen-bond donors (Lipinski definition) is 1. The van der Waals surface area contributed by atoms with E-state index in [2.05, 4.69) is 198 Å². The van der Waals surface area contributed by atoms with Crippen molar-refractivity contribution in [1.82, 2.24) is 0 Å². The molecule has 2 atom stereocenters. The molecule has 2 heterocycles. The fraction of sp³-hybridized carbons (Fsp3) is 0.0588. The van der Waals surface area contributed by atoms with Gasteiger partial charge in [-0.05, 0) is 105 Å². The molecule has 1 aliphatic carbocycles. The highest BCUT2D eigenvalue weighted by Gasteiger charge is 2.31. The molecule has 1 unspecified atom stereocenters. The molecule has 0 bridgehead atoms. The summed E-state index contributed by atoms with van der Waals surface area (Å²) in [6, 6.07) is 68.1. The number of fused-ring (bicyclic) bond motifs is 7. The van der Waals surface area contributed by atoms with E-state index in [1.807, 2.05) is 0 Å². The van der Waals surface area contributed by atoms with Crippen molar-refractivity contribution < 1.29 is 4.42 Å². The van der Waals surface area contributed by atoms with E-state index in [0.717, 1.165) is 39.7 Å². The summed E-state index contributed by atoms with van der Waals surface area (Å²) in [5, 5.41) is 6.05. The number of nitrogens with one attached hydrogen (secondary N) is 1. The summed E-state index contributed by atoms with van der Waals surface area (Å²) in [7, 11) is 0. The van der Waals surface area contributed by atoms with E-state index in [1.54, 1.807) is 0 Å². The van der Waals surface area contributed by atoms with E-state index in [0.29, 0.717) is 0 Å². The Morgan fingerprint density at radius 3 is 2.11 bits per heavy atom. The van der Waals surface area contributed by atoms with E-state index < -0.39 is 0 Å². The smallest absolute Gasteiger partial charge is 0.136 e. The van der Waals surface area contributed by atoms with Crippen LogP contribution < -0.4 is 10.2 Å². The van der Waals surface area contributed by atoms with Crippen LogP contribution in [0.2, 0.25) is 0 Å². The molecule has 0 saturated heterocycles. The zero-order valence-corrected chi connectivity index (χ0v) is 29.6. The van der Waals surface area contributed by atoms with Crippen LogP contribution in [0.3, 0.4) is 0 Å². The summed E-state index contributed by atoms with van der Waals surface area (Å²) < 4.78 is 6.66. The Balaban J connectivity index is 0.949. The van der Waals surface area contributed by atoms with Crippen LogP contribution in [0.4, 0.5) is 17.1 Å². The van der Waals surface area contributed by atoms with Gasteiger partial charge in [-0.15, -0.1) is 0 Å². The molecule has 256 valence electrons. The van der Waals surface area contributed by atoms with Crippen LogP contribution >= 0.6 is 0 Å². The Morgan fingerprint density at radius 1 is 0.500 bits per heavy atom. The van der Waals surface area contributed by atoms with Crippen molar-refractivity contribution in [2.75, 3.05) is 10.2 Å². The van der Waals surface area contributed by atoms with E-state index >= 15 is 0 Å². The van der Waals surface area contributed by atoms with Gasteiger partial charge in [0, 0.05) is 22.4 Å². The minimum absolute atomic E-state index is 0.0151. The first-order valence-corrected chi connectivity index (χ1v) is 18.8. The van der Waals surface area contributed by atoms with Gasteiger partial charge in [-0.1, -0.05) is 146 Å². The van der Waals surface area contributed by atoms with Gasteiger partial charge in [0.05, 0.1) is 11.4 Å². The number of hydrogen-bond acceptors (Lipinski definition) is 3. The highest BCUT2D eigenvalue weighted by molar-refractivity contribution is 6.12. The highest BCUT2D eigenvalue weighted by Crippen LogP contribution is 2.48. The van der Waals surface area contributed by atoms with Crippen molar-refractivity contribution in [3.05, 3.63) is 210 Å². The highest BCUT2D eigenvalue weighted by atomic mass is 16.3. The first kappa shape index (κ1) is 30.8. The van der Waals surface area contributed by atoms with Crippen LogP contribution in [0.15, 0.2) is 192 Å². The maximum Gasteiger partial charge on any atom is 0.136 e. The van der Waals surface area contributed by atoms with Crippen LogP contribution in [0.25, 0.3) is 55.3 Å². The maximum absolute atomic E-state index is 6.66. The molecule has 1 N–H and O–H groups in total. The molecular formula is C51H36N2O. The standard InChI is InChI=1S/C51H36N2O/c1-3-12-33(13-4-1)36-22-23-37-31-45(42-17-8-7-16-41(42)44(37)30-36)38-26-29-43-49(32-38)54-48-21-11-18-40(50(43)48)34-24-27-39(28-25-34)53-47-20-10-9-19-46(47)52-51(53)35-14-5-2-6-15-35/h1-30,32,45,51-52H,31H2/t45-,51?/m0/s1. The van der Waals surface area contributed by atoms with Crippen molar-refractivity contribution >= 4 is 39.0 Å². The molecule has 0 amide bonds. The lowest BCUT2D eigenvalue weighted by Crippen LogP contribution is -2.23. The predicted molar refractivity (Wildman–Crippen MR) is 223 cm³/mol. The van der Waals surface area contributed by atoms with Gasteiger partial charge < -0.3 is 14.6 Å². The zero-order chi connectivity index (χ0) is 35.6. The minimum Gasteiger partial charge on any atom is -0.456 e. The lowest BCUT2D eigenvalue weighted by molar-refractivity contribution is 0.667. The molecule has 0 spiro atoms. The van der Waals surface area contributed by atoms with Crippen molar-refractivity contribution in [2.24, 2.45) is 0 Å². The van der Waals surface area contributed by atoms with Crippen molar-refractivity contribution in [3.8, 4) is 33.4 Å². The Kier molecular flexibility index (Phi) is 7.06. The molecule has 8 aromatic carbocycles. The largest absolute Gasteiger partial charge is 0.456 e. The molecule has 1 aliphatic heterocycles. The summed E-state index contributed by atoms with van der Waals surface area (Å²) in [4.78, 5) is 2.40. The summed E-state index contributed by atoms with van der Waals surface area (Å²) in [5.74, 6) is 0.242. The Bertz CT molecular complexity index is 2840. The third kappa shape index (κ3) is 4.97. The van der Waals surface area contributed by atoms with Gasteiger partial charge in [-0.25, -0.2) is 0 Å². The summed E-state index contributed by atoms with van der Waals surface area (Å²) in [6.45, 7) is 0.